The summed E-state index contributed by atoms with van der Waals surface area (Å²) in [4.78, 5) is 13.2. The molecule has 0 aromatic heterocycles. The lowest BCUT2D eigenvalue weighted by Gasteiger charge is -2.60. The van der Waals surface area contributed by atoms with E-state index >= 15 is 0 Å². The van der Waals surface area contributed by atoms with E-state index in [2.05, 4.69) is 40.7 Å². The Bertz CT molecular complexity index is 982. The zero-order chi connectivity index (χ0) is 26.4. The number of carbonyl (C=O) groups is 1. The van der Waals surface area contributed by atoms with Crippen LogP contribution in [0.3, 0.4) is 0 Å². The van der Waals surface area contributed by atoms with Gasteiger partial charge in [0.05, 0.1) is 11.7 Å². The van der Waals surface area contributed by atoms with Crippen LogP contribution in [0, 0.1) is 46.3 Å². The van der Waals surface area contributed by atoms with Crippen LogP contribution in [-0.2, 0) is 4.74 Å². The lowest BCUT2D eigenvalue weighted by atomic mass is 9.46. The monoisotopic (exact) mass is 506 g/mol. The molecule has 1 unspecified atom stereocenters. The predicted molar refractivity (Wildman–Crippen MR) is 150 cm³/mol. The maximum Gasteiger partial charge on any atom is 0.338 e. The van der Waals surface area contributed by atoms with Crippen LogP contribution in [-0.4, -0.2) is 23.3 Å². The van der Waals surface area contributed by atoms with E-state index in [1.807, 2.05) is 30.3 Å². The lowest BCUT2D eigenvalue weighted by Crippen LogP contribution is -2.56. The summed E-state index contributed by atoms with van der Waals surface area (Å²) in [6.07, 6.45) is 13.5. The number of hydrogen-bond acceptors (Lipinski definition) is 3. The zero-order valence-electron chi connectivity index (χ0n) is 23.9. The first-order valence-electron chi connectivity index (χ1n) is 15.3. The number of aliphatic hydroxyl groups excluding tert-OH is 1. The van der Waals surface area contributed by atoms with Gasteiger partial charge < -0.3 is 9.84 Å². The second-order valence-electron chi connectivity index (χ2n) is 14.0. The van der Waals surface area contributed by atoms with Gasteiger partial charge in [0.25, 0.3) is 0 Å². The Morgan fingerprint density at radius 3 is 2.54 bits per heavy atom. The van der Waals surface area contributed by atoms with Crippen molar-refractivity contribution < 1.29 is 14.6 Å². The van der Waals surface area contributed by atoms with E-state index in [9.17, 15) is 9.90 Å². The van der Waals surface area contributed by atoms with Crippen LogP contribution in [0.15, 0.2) is 42.0 Å². The number of aliphatic hydroxyl groups is 1. The molecule has 0 spiro atoms. The number of allylic oxidation sites excluding steroid dienone is 1. The maximum absolute atomic E-state index is 13.2. The Kier molecular flexibility index (Phi) is 7.66. The average Bonchev–Trinajstić information content (AvgIpc) is 3.22. The van der Waals surface area contributed by atoms with Crippen LogP contribution in [0.2, 0.25) is 0 Å². The lowest BCUT2D eigenvalue weighted by molar-refractivity contribution is -0.113. The van der Waals surface area contributed by atoms with Crippen molar-refractivity contribution >= 4 is 5.97 Å². The minimum atomic E-state index is -0.430. The van der Waals surface area contributed by atoms with Crippen molar-refractivity contribution in [3.05, 3.63) is 47.5 Å². The molecule has 3 saturated carbocycles. The molecule has 5 rings (SSSR count). The molecule has 37 heavy (non-hydrogen) atoms. The molecule has 9 atom stereocenters. The van der Waals surface area contributed by atoms with Crippen LogP contribution in [0.1, 0.15) is 109 Å². The summed E-state index contributed by atoms with van der Waals surface area (Å²) in [5, 5.41) is 10.8. The fourth-order valence-electron chi connectivity index (χ4n) is 9.64. The van der Waals surface area contributed by atoms with E-state index < -0.39 is 6.10 Å². The van der Waals surface area contributed by atoms with Gasteiger partial charge in [0.2, 0.25) is 0 Å². The molecule has 0 saturated heterocycles. The van der Waals surface area contributed by atoms with Gasteiger partial charge in [-0.15, -0.1) is 0 Å². The first-order valence-corrected chi connectivity index (χ1v) is 15.3. The van der Waals surface area contributed by atoms with Crippen LogP contribution in [0.4, 0.5) is 0 Å². The van der Waals surface area contributed by atoms with Crippen molar-refractivity contribution in [3.63, 3.8) is 0 Å². The second kappa shape index (κ2) is 10.5. The van der Waals surface area contributed by atoms with Crippen LogP contribution in [0.5, 0.6) is 0 Å². The Morgan fingerprint density at radius 1 is 1.05 bits per heavy atom. The number of benzene rings is 1. The summed E-state index contributed by atoms with van der Waals surface area (Å²) < 4.78 is 6.29. The largest absolute Gasteiger partial charge is 0.458 e. The first kappa shape index (κ1) is 27.0. The average molecular weight is 507 g/mol. The van der Waals surface area contributed by atoms with Gasteiger partial charge in [0.1, 0.15) is 6.10 Å². The molecule has 3 fully saturated rings. The molecule has 3 nitrogen and oxygen atoms in total. The van der Waals surface area contributed by atoms with Crippen molar-refractivity contribution in [1.82, 2.24) is 0 Å². The van der Waals surface area contributed by atoms with Gasteiger partial charge in [-0.3, -0.25) is 0 Å². The van der Waals surface area contributed by atoms with Crippen molar-refractivity contribution in [2.75, 3.05) is 0 Å². The number of ether oxygens (including phenoxy) is 1. The van der Waals surface area contributed by atoms with Gasteiger partial charge in [-0.1, -0.05) is 83.7 Å². The number of carbonyl (C=O) groups excluding carboxylic acids is 1. The second-order valence-corrected chi connectivity index (χ2v) is 14.0. The van der Waals surface area contributed by atoms with Crippen molar-refractivity contribution in [1.29, 1.82) is 0 Å². The third kappa shape index (κ3) is 4.83. The van der Waals surface area contributed by atoms with E-state index in [1.54, 1.807) is 0 Å². The molecular weight excluding hydrogens is 456 g/mol. The molecule has 1 aromatic carbocycles. The molecule has 0 aliphatic heterocycles. The minimum absolute atomic E-state index is 0.172. The fraction of sp³-hybridized carbons (Fsp3) is 0.735. The highest BCUT2D eigenvalue weighted by Crippen LogP contribution is 2.67. The van der Waals surface area contributed by atoms with Crippen LogP contribution in [0.25, 0.3) is 0 Å². The van der Waals surface area contributed by atoms with Crippen molar-refractivity contribution in [3.8, 4) is 0 Å². The van der Waals surface area contributed by atoms with Crippen molar-refractivity contribution in [2.24, 2.45) is 46.3 Å². The summed E-state index contributed by atoms with van der Waals surface area (Å²) in [6.45, 7) is 12.2. The highest BCUT2D eigenvalue weighted by Gasteiger charge is 2.61. The van der Waals surface area contributed by atoms with Gasteiger partial charge in [0, 0.05) is 11.8 Å². The van der Waals surface area contributed by atoms with E-state index in [0.717, 1.165) is 36.5 Å². The third-order valence-corrected chi connectivity index (χ3v) is 11.6. The number of rotatable bonds is 7. The highest BCUT2D eigenvalue weighted by molar-refractivity contribution is 5.89. The zero-order valence-corrected chi connectivity index (χ0v) is 23.9. The molecule has 3 heteroatoms. The highest BCUT2D eigenvalue weighted by atomic mass is 16.5. The fourth-order valence-corrected chi connectivity index (χ4v) is 9.64. The summed E-state index contributed by atoms with van der Waals surface area (Å²) >= 11 is 0. The van der Waals surface area contributed by atoms with Gasteiger partial charge >= 0.3 is 5.97 Å². The summed E-state index contributed by atoms with van der Waals surface area (Å²) in [7, 11) is 0. The van der Waals surface area contributed by atoms with Gasteiger partial charge in [-0.2, -0.15) is 0 Å². The Hall–Kier alpha value is -1.61. The van der Waals surface area contributed by atoms with E-state index in [4.69, 9.17) is 4.74 Å². The predicted octanol–water partition coefficient (Wildman–Crippen LogP) is 8.22. The smallest absolute Gasteiger partial charge is 0.338 e. The molecule has 4 aliphatic rings. The molecule has 204 valence electrons. The van der Waals surface area contributed by atoms with E-state index in [-0.39, 0.29) is 17.5 Å². The first-order chi connectivity index (χ1) is 17.6. The SMILES string of the molecule is CC(C)CCC[C@@H](C)[C@H]1CC[C@H]2[C@@H]3CC=C4C[C@@H](O)CC(OC(=O)c5ccccc5)[C@]4(C)[C@H]3CC[C@]12C. The quantitative estimate of drug-likeness (QED) is 0.299. The molecule has 1 N–H and O–H groups in total. The van der Waals surface area contributed by atoms with Crippen LogP contribution >= 0.6 is 0 Å². The molecular formula is C34H50O3. The normalized spacial score (nSPS) is 39.8. The Balaban J connectivity index is 1.37. The Labute approximate surface area is 225 Å². The van der Waals surface area contributed by atoms with Crippen molar-refractivity contribution in [2.45, 2.75) is 111 Å². The van der Waals surface area contributed by atoms with Gasteiger partial charge in [-0.25, -0.2) is 4.79 Å². The standard InChI is InChI=1S/C34H50O3/c1-22(2)10-9-11-23(3)28-16-17-29-27-15-14-25-20-26(35)21-31(37-32(36)24-12-7-6-8-13-24)34(25,5)30(27)18-19-33(28,29)4/h6-8,12-14,22-23,26-31,35H,9-11,15-21H2,1-5H3/t23-,26-,27+,28-,29+,30+,31?,33-,34+/m1/s1. The Morgan fingerprint density at radius 2 is 1.81 bits per heavy atom. The van der Waals surface area contributed by atoms with Crippen LogP contribution < -0.4 is 0 Å². The summed E-state index contributed by atoms with van der Waals surface area (Å²) in [5.74, 6) is 4.14. The molecule has 0 amide bonds. The number of fused-ring (bicyclic) bond motifs is 5. The topological polar surface area (TPSA) is 46.5 Å². The maximum atomic E-state index is 13.2. The molecule has 4 aliphatic carbocycles. The number of hydrogen-bond donors (Lipinski definition) is 1. The molecule has 0 bridgehead atoms. The minimum Gasteiger partial charge on any atom is -0.458 e. The summed E-state index contributed by atoms with van der Waals surface area (Å²) in [6, 6.07) is 9.36. The van der Waals surface area contributed by atoms with Gasteiger partial charge in [0.15, 0.2) is 0 Å². The molecule has 1 aromatic rings. The third-order valence-electron chi connectivity index (χ3n) is 11.6. The molecule has 0 heterocycles. The van der Waals surface area contributed by atoms with Gasteiger partial charge in [-0.05, 0) is 91.6 Å². The summed E-state index contributed by atoms with van der Waals surface area (Å²) in [5.41, 5.74) is 2.21. The number of esters is 1. The van der Waals surface area contributed by atoms with E-state index in [1.165, 1.54) is 50.5 Å². The van der Waals surface area contributed by atoms with E-state index in [0.29, 0.717) is 29.2 Å². The molecule has 0 radical (unpaired) electrons.